The zero-order chi connectivity index (χ0) is 19.9. The van der Waals surface area contributed by atoms with Crippen LogP contribution in [0.3, 0.4) is 0 Å². The van der Waals surface area contributed by atoms with Gasteiger partial charge in [-0.3, -0.25) is 9.10 Å². The number of hydrogen-bond donors (Lipinski definition) is 1. The maximum absolute atomic E-state index is 13.4. The summed E-state index contributed by atoms with van der Waals surface area (Å²) in [6, 6.07) is 12.4. The summed E-state index contributed by atoms with van der Waals surface area (Å²) in [6.07, 6.45) is 2.03. The van der Waals surface area contributed by atoms with Gasteiger partial charge in [0.25, 0.3) is 10.0 Å². The van der Waals surface area contributed by atoms with Gasteiger partial charge in [-0.1, -0.05) is 12.1 Å². The van der Waals surface area contributed by atoms with Gasteiger partial charge in [-0.05, 0) is 61.2 Å². The van der Waals surface area contributed by atoms with E-state index in [1.165, 1.54) is 4.31 Å². The minimum Gasteiger partial charge on any atom is -0.497 e. The SMILES string of the molecule is COc1ccc2c(c1)CC[C@@H](C)N2S(=O)(=O)c1ccc([C@@H]2CNC(=O)C2)cc1. The van der Waals surface area contributed by atoms with Crippen LogP contribution in [0.15, 0.2) is 47.4 Å². The Morgan fingerprint density at radius 2 is 1.89 bits per heavy atom. The Bertz CT molecular complexity index is 1000. The molecule has 1 saturated heterocycles. The van der Waals surface area contributed by atoms with Gasteiger partial charge in [0.15, 0.2) is 0 Å². The minimum absolute atomic E-state index is 0.0378. The number of benzene rings is 2. The second kappa shape index (κ2) is 7.13. The van der Waals surface area contributed by atoms with Crippen molar-refractivity contribution in [2.75, 3.05) is 18.0 Å². The van der Waals surface area contributed by atoms with Crippen LogP contribution in [0.2, 0.25) is 0 Å². The van der Waals surface area contributed by atoms with E-state index in [9.17, 15) is 13.2 Å². The number of hydrogen-bond acceptors (Lipinski definition) is 4. The van der Waals surface area contributed by atoms with Crippen LogP contribution in [0.1, 0.15) is 36.8 Å². The number of sulfonamides is 1. The summed E-state index contributed by atoms with van der Waals surface area (Å²) in [6.45, 7) is 2.54. The first-order valence-electron chi connectivity index (χ1n) is 9.48. The predicted octanol–water partition coefficient (Wildman–Crippen LogP) is 2.83. The van der Waals surface area contributed by atoms with Crippen molar-refractivity contribution in [3.05, 3.63) is 53.6 Å². The van der Waals surface area contributed by atoms with E-state index in [0.717, 1.165) is 29.7 Å². The van der Waals surface area contributed by atoms with Gasteiger partial charge in [-0.15, -0.1) is 0 Å². The molecule has 1 amide bonds. The molecule has 0 aromatic heterocycles. The lowest BCUT2D eigenvalue weighted by molar-refractivity contribution is -0.119. The molecule has 0 spiro atoms. The van der Waals surface area contributed by atoms with E-state index in [1.54, 1.807) is 25.3 Å². The molecule has 2 aromatic rings. The summed E-state index contributed by atoms with van der Waals surface area (Å²) < 4.78 is 33.7. The van der Waals surface area contributed by atoms with Gasteiger partial charge < -0.3 is 10.1 Å². The van der Waals surface area contributed by atoms with Crippen molar-refractivity contribution in [3.63, 3.8) is 0 Å². The van der Waals surface area contributed by atoms with E-state index in [4.69, 9.17) is 4.74 Å². The van der Waals surface area contributed by atoms with Gasteiger partial charge in [0.05, 0.1) is 17.7 Å². The van der Waals surface area contributed by atoms with Gasteiger partial charge in [-0.2, -0.15) is 0 Å². The lowest BCUT2D eigenvalue weighted by atomic mass is 9.98. The molecule has 28 heavy (non-hydrogen) atoms. The molecule has 0 aliphatic carbocycles. The molecular weight excluding hydrogens is 376 g/mol. The van der Waals surface area contributed by atoms with Crippen molar-refractivity contribution >= 4 is 21.6 Å². The Morgan fingerprint density at radius 1 is 1.14 bits per heavy atom. The summed E-state index contributed by atoms with van der Waals surface area (Å²) >= 11 is 0. The van der Waals surface area contributed by atoms with Crippen LogP contribution in [0, 0.1) is 0 Å². The molecule has 1 fully saturated rings. The number of carbonyl (C=O) groups is 1. The van der Waals surface area contributed by atoms with Crippen LogP contribution in [0.5, 0.6) is 5.75 Å². The fourth-order valence-corrected chi connectivity index (χ4v) is 5.78. The molecule has 4 rings (SSSR count). The average Bonchev–Trinajstić information content (AvgIpc) is 3.13. The molecule has 2 aliphatic heterocycles. The number of anilines is 1. The number of nitrogens with one attached hydrogen (secondary N) is 1. The van der Waals surface area contributed by atoms with Gasteiger partial charge in [0.2, 0.25) is 5.91 Å². The van der Waals surface area contributed by atoms with Gasteiger partial charge in [0.1, 0.15) is 5.75 Å². The molecule has 2 atom stereocenters. The third-order valence-electron chi connectivity index (χ3n) is 5.64. The number of methoxy groups -OCH3 is 1. The molecule has 0 unspecified atom stereocenters. The largest absolute Gasteiger partial charge is 0.497 e. The molecule has 7 heteroatoms. The smallest absolute Gasteiger partial charge is 0.264 e. The first-order chi connectivity index (χ1) is 13.4. The summed E-state index contributed by atoms with van der Waals surface area (Å²) in [4.78, 5) is 11.7. The van der Waals surface area contributed by atoms with Gasteiger partial charge in [0, 0.05) is 24.9 Å². The van der Waals surface area contributed by atoms with Crippen LogP contribution < -0.4 is 14.4 Å². The molecule has 2 heterocycles. The highest BCUT2D eigenvalue weighted by Crippen LogP contribution is 2.37. The van der Waals surface area contributed by atoms with Crippen molar-refractivity contribution in [2.45, 2.75) is 43.0 Å². The molecule has 0 bridgehead atoms. The average molecular weight is 401 g/mol. The lowest BCUT2D eigenvalue weighted by Crippen LogP contribution is -2.42. The van der Waals surface area contributed by atoms with Crippen molar-refractivity contribution in [3.8, 4) is 5.75 Å². The van der Waals surface area contributed by atoms with Crippen LogP contribution >= 0.6 is 0 Å². The second-order valence-electron chi connectivity index (χ2n) is 7.46. The van der Waals surface area contributed by atoms with E-state index >= 15 is 0 Å². The van der Waals surface area contributed by atoms with Crippen molar-refractivity contribution in [1.29, 1.82) is 0 Å². The third kappa shape index (κ3) is 3.24. The van der Waals surface area contributed by atoms with Crippen LogP contribution in [-0.2, 0) is 21.2 Å². The molecule has 0 saturated carbocycles. The third-order valence-corrected chi connectivity index (χ3v) is 7.58. The number of aryl methyl sites for hydroxylation is 1. The van der Waals surface area contributed by atoms with Crippen molar-refractivity contribution in [1.82, 2.24) is 5.32 Å². The zero-order valence-electron chi connectivity index (χ0n) is 16.0. The maximum Gasteiger partial charge on any atom is 0.264 e. The van der Waals surface area contributed by atoms with E-state index in [0.29, 0.717) is 18.7 Å². The Labute approximate surface area is 165 Å². The molecular formula is C21H24N2O4S. The normalized spacial score (nSPS) is 21.9. The highest BCUT2D eigenvalue weighted by molar-refractivity contribution is 7.92. The predicted molar refractivity (Wildman–Crippen MR) is 107 cm³/mol. The monoisotopic (exact) mass is 400 g/mol. The standard InChI is InChI=1S/C21H24N2O4S/c1-14-3-4-16-11-18(27-2)7-10-20(16)23(14)28(25,26)19-8-5-15(6-9-19)17-12-21(24)22-13-17/h5-11,14,17H,3-4,12-13H2,1-2H3,(H,22,24)/t14-,17+/m1/s1. The Morgan fingerprint density at radius 3 is 2.54 bits per heavy atom. The number of carbonyl (C=O) groups excluding carboxylic acids is 1. The highest BCUT2D eigenvalue weighted by atomic mass is 32.2. The molecule has 6 nitrogen and oxygen atoms in total. The number of rotatable bonds is 4. The number of amides is 1. The van der Waals surface area contributed by atoms with Crippen LogP contribution in [-0.4, -0.2) is 34.0 Å². The van der Waals surface area contributed by atoms with Gasteiger partial charge >= 0.3 is 0 Å². The van der Waals surface area contributed by atoms with E-state index < -0.39 is 10.0 Å². The molecule has 0 radical (unpaired) electrons. The van der Waals surface area contributed by atoms with Crippen LogP contribution in [0.25, 0.3) is 0 Å². The van der Waals surface area contributed by atoms with Gasteiger partial charge in [-0.25, -0.2) is 8.42 Å². The number of ether oxygens (including phenoxy) is 1. The lowest BCUT2D eigenvalue weighted by Gasteiger charge is -2.36. The topological polar surface area (TPSA) is 75.7 Å². The summed E-state index contributed by atoms with van der Waals surface area (Å²) in [5.41, 5.74) is 2.68. The fourth-order valence-electron chi connectivity index (χ4n) is 4.06. The van der Waals surface area contributed by atoms with Crippen molar-refractivity contribution in [2.24, 2.45) is 0 Å². The second-order valence-corrected chi connectivity index (χ2v) is 9.27. The first kappa shape index (κ1) is 18.8. The quantitative estimate of drug-likeness (QED) is 0.856. The van der Waals surface area contributed by atoms with E-state index in [1.807, 2.05) is 31.2 Å². The number of fused-ring (bicyclic) bond motifs is 1. The Balaban J connectivity index is 1.67. The summed E-state index contributed by atoms with van der Waals surface area (Å²) in [5, 5.41) is 2.82. The molecule has 148 valence electrons. The zero-order valence-corrected chi connectivity index (χ0v) is 16.8. The summed E-state index contributed by atoms with van der Waals surface area (Å²) in [5.74, 6) is 0.872. The van der Waals surface area contributed by atoms with Crippen molar-refractivity contribution < 1.29 is 17.9 Å². The van der Waals surface area contributed by atoms with E-state index in [-0.39, 0.29) is 22.8 Å². The highest BCUT2D eigenvalue weighted by Gasteiger charge is 2.34. The molecule has 2 aliphatic rings. The summed E-state index contributed by atoms with van der Waals surface area (Å²) in [7, 11) is -2.08. The molecule has 2 aromatic carbocycles. The van der Waals surface area contributed by atoms with E-state index in [2.05, 4.69) is 5.32 Å². The Kier molecular flexibility index (Phi) is 4.79. The fraction of sp³-hybridized carbons (Fsp3) is 0.381. The number of nitrogens with zero attached hydrogens (tertiary/aromatic N) is 1. The first-order valence-corrected chi connectivity index (χ1v) is 10.9. The Hall–Kier alpha value is -2.54. The van der Waals surface area contributed by atoms with Crippen LogP contribution in [0.4, 0.5) is 5.69 Å². The maximum atomic E-state index is 13.4. The molecule has 1 N–H and O–H groups in total. The minimum atomic E-state index is -3.69.